The van der Waals surface area contributed by atoms with Crippen molar-refractivity contribution in [1.29, 1.82) is 0 Å². The molecule has 3 aromatic rings. The first-order valence-corrected chi connectivity index (χ1v) is 15.1. The van der Waals surface area contributed by atoms with Crippen LogP contribution < -0.4 is 4.74 Å². The van der Waals surface area contributed by atoms with Gasteiger partial charge in [-0.25, -0.2) is 4.98 Å². The molecule has 0 unspecified atom stereocenters. The topological polar surface area (TPSA) is 37.9 Å². The summed E-state index contributed by atoms with van der Waals surface area (Å²) in [5.41, 5.74) is 4.89. The number of unbranched alkanes of at least 4 members (excludes halogenated alkanes) is 12. The van der Waals surface area contributed by atoms with Crippen molar-refractivity contribution in [3.63, 3.8) is 0 Å². The van der Waals surface area contributed by atoms with Crippen molar-refractivity contribution < 1.29 is 4.74 Å². The molecule has 1 aromatic heterocycles. The number of ether oxygens (including phenoxy) is 1. The van der Waals surface area contributed by atoms with Gasteiger partial charge in [0.05, 0.1) is 17.6 Å². The number of fused-ring (bicyclic) bond motifs is 1. The van der Waals surface area contributed by atoms with Gasteiger partial charge in [-0.3, -0.25) is 0 Å². The Morgan fingerprint density at radius 1 is 0.743 bits per heavy atom. The molecule has 0 fully saturated rings. The second-order valence-corrected chi connectivity index (χ2v) is 10.6. The fraction of sp³-hybridized carbons (Fsp3) is 0.581. The molecule has 3 rings (SSSR count). The number of thioether (sulfide) groups is 1. The van der Waals surface area contributed by atoms with E-state index in [0.717, 1.165) is 34.1 Å². The van der Waals surface area contributed by atoms with Crippen LogP contribution in [-0.2, 0) is 12.2 Å². The number of benzene rings is 2. The minimum Gasteiger partial charge on any atom is -0.494 e. The molecule has 4 heteroatoms. The Hall–Kier alpha value is -1.94. The van der Waals surface area contributed by atoms with Crippen molar-refractivity contribution in [2.24, 2.45) is 0 Å². The van der Waals surface area contributed by atoms with Gasteiger partial charge < -0.3 is 9.72 Å². The number of hydrogen-bond donors (Lipinski definition) is 1. The number of H-pyrrole nitrogens is 1. The first-order valence-electron chi connectivity index (χ1n) is 14.1. The van der Waals surface area contributed by atoms with Crippen LogP contribution in [0.25, 0.3) is 11.0 Å². The van der Waals surface area contributed by atoms with Gasteiger partial charge in [-0.1, -0.05) is 120 Å². The molecule has 0 amide bonds. The van der Waals surface area contributed by atoms with Crippen molar-refractivity contribution in [2.45, 2.75) is 115 Å². The van der Waals surface area contributed by atoms with E-state index in [2.05, 4.69) is 49.2 Å². The van der Waals surface area contributed by atoms with Crippen LogP contribution in [0.15, 0.2) is 47.6 Å². The van der Waals surface area contributed by atoms with E-state index in [9.17, 15) is 0 Å². The summed E-state index contributed by atoms with van der Waals surface area (Å²) in [6.07, 6.45) is 19.3. The largest absolute Gasteiger partial charge is 0.494 e. The lowest BCUT2D eigenvalue weighted by molar-refractivity contribution is 0.337. The molecular weight excluding hydrogens is 448 g/mol. The molecule has 0 spiro atoms. The predicted molar refractivity (Wildman–Crippen MR) is 153 cm³/mol. The van der Waals surface area contributed by atoms with E-state index in [0.29, 0.717) is 6.61 Å². The normalized spacial score (nSPS) is 11.4. The average molecular weight is 495 g/mol. The second kappa shape index (κ2) is 16.7. The van der Waals surface area contributed by atoms with Gasteiger partial charge in [-0.05, 0) is 43.5 Å². The molecule has 35 heavy (non-hydrogen) atoms. The molecule has 0 atom stereocenters. The van der Waals surface area contributed by atoms with Gasteiger partial charge in [0.25, 0.3) is 0 Å². The molecule has 0 saturated carbocycles. The smallest absolute Gasteiger partial charge is 0.166 e. The van der Waals surface area contributed by atoms with Crippen LogP contribution in [0, 0.1) is 0 Å². The third-order valence-corrected chi connectivity index (χ3v) is 7.70. The van der Waals surface area contributed by atoms with Gasteiger partial charge in [0.1, 0.15) is 5.75 Å². The molecule has 0 radical (unpaired) electrons. The van der Waals surface area contributed by atoms with Gasteiger partial charge in [0.2, 0.25) is 0 Å². The molecule has 0 aliphatic heterocycles. The second-order valence-electron chi connectivity index (χ2n) is 9.67. The molecule has 192 valence electrons. The molecule has 2 aromatic carbocycles. The molecule has 0 aliphatic carbocycles. The summed E-state index contributed by atoms with van der Waals surface area (Å²) < 4.78 is 6.00. The lowest BCUT2D eigenvalue weighted by Gasteiger charge is -2.14. The zero-order chi connectivity index (χ0) is 24.6. The first-order chi connectivity index (χ1) is 17.3. The maximum Gasteiger partial charge on any atom is 0.166 e. The maximum atomic E-state index is 6.00. The summed E-state index contributed by atoms with van der Waals surface area (Å²) in [5.74, 6) is 1.91. The van der Waals surface area contributed by atoms with Crippen LogP contribution in [0.4, 0.5) is 0 Å². The van der Waals surface area contributed by atoms with Crippen LogP contribution in [-0.4, -0.2) is 16.6 Å². The van der Waals surface area contributed by atoms with E-state index in [4.69, 9.17) is 9.72 Å². The van der Waals surface area contributed by atoms with Gasteiger partial charge in [-0.15, -0.1) is 0 Å². The number of hydrogen-bond acceptors (Lipinski definition) is 3. The van der Waals surface area contributed by atoms with E-state index < -0.39 is 0 Å². The Morgan fingerprint density at radius 2 is 1.40 bits per heavy atom. The minimum absolute atomic E-state index is 0.699. The van der Waals surface area contributed by atoms with Gasteiger partial charge in [-0.2, -0.15) is 0 Å². The number of aromatic nitrogens is 2. The highest BCUT2D eigenvalue weighted by molar-refractivity contribution is 7.98. The van der Waals surface area contributed by atoms with E-state index in [-0.39, 0.29) is 0 Å². The SMILES string of the molecule is CCCCCCCCCCCCCCCc1cccc(OCC)c1CSc1nc2ccccc2[nH]1. The van der Waals surface area contributed by atoms with Crippen LogP contribution in [0.1, 0.15) is 108 Å². The average Bonchev–Trinajstić information content (AvgIpc) is 3.29. The summed E-state index contributed by atoms with van der Waals surface area (Å²) in [6.45, 7) is 5.06. The molecular formula is C31H46N2OS. The highest BCUT2D eigenvalue weighted by Crippen LogP contribution is 2.31. The predicted octanol–water partition coefficient (Wildman–Crippen LogP) is 9.89. The van der Waals surface area contributed by atoms with Gasteiger partial charge in [0, 0.05) is 11.3 Å². The fourth-order valence-corrected chi connectivity index (χ4v) is 5.73. The number of rotatable bonds is 19. The molecule has 3 nitrogen and oxygen atoms in total. The van der Waals surface area contributed by atoms with Crippen molar-refractivity contribution in [3.05, 3.63) is 53.6 Å². The standard InChI is InChI=1S/C31H46N2OS/c1-3-5-6-7-8-9-10-11-12-13-14-15-16-20-26-21-19-24-30(34-4-2)27(26)25-35-31-32-28-22-17-18-23-29(28)33-31/h17-19,21-24H,3-16,20,25H2,1-2H3,(H,32,33). The Kier molecular flexibility index (Phi) is 13.2. The third-order valence-electron chi connectivity index (χ3n) is 6.80. The summed E-state index contributed by atoms with van der Waals surface area (Å²) >= 11 is 1.77. The number of para-hydroxylation sites is 2. The van der Waals surface area contributed by atoms with Crippen LogP contribution in [0.5, 0.6) is 5.75 Å². The maximum absolute atomic E-state index is 6.00. The Bertz CT molecular complexity index is 935. The van der Waals surface area contributed by atoms with Crippen molar-refractivity contribution in [3.8, 4) is 5.75 Å². The lowest BCUT2D eigenvalue weighted by Crippen LogP contribution is -2.01. The first kappa shape index (κ1) is 27.6. The molecule has 0 saturated heterocycles. The highest BCUT2D eigenvalue weighted by Gasteiger charge is 2.12. The summed E-state index contributed by atoms with van der Waals surface area (Å²) in [4.78, 5) is 8.18. The Labute approximate surface area is 217 Å². The van der Waals surface area contributed by atoms with Crippen molar-refractivity contribution in [2.75, 3.05) is 6.61 Å². The Morgan fingerprint density at radius 3 is 2.06 bits per heavy atom. The summed E-state index contributed by atoms with van der Waals surface area (Å²) in [5, 5.41) is 0.976. The van der Waals surface area contributed by atoms with Gasteiger partial charge in [0.15, 0.2) is 5.16 Å². The summed E-state index contributed by atoms with van der Waals surface area (Å²) in [6, 6.07) is 14.8. The van der Waals surface area contributed by atoms with E-state index >= 15 is 0 Å². The lowest BCUT2D eigenvalue weighted by atomic mass is 10.00. The monoisotopic (exact) mass is 494 g/mol. The number of imidazole rings is 1. The number of nitrogens with zero attached hydrogens (tertiary/aromatic N) is 1. The number of aryl methyl sites for hydroxylation is 1. The van der Waals surface area contributed by atoms with Crippen molar-refractivity contribution >= 4 is 22.8 Å². The van der Waals surface area contributed by atoms with Gasteiger partial charge >= 0.3 is 0 Å². The van der Waals surface area contributed by atoms with E-state index in [1.165, 1.54) is 94.6 Å². The highest BCUT2D eigenvalue weighted by atomic mass is 32.2. The minimum atomic E-state index is 0.699. The van der Waals surface area contributed by atoms with Crippen LogP contribution in [0.3, 0.4) is 0 Å². The van der Waals surface area contributed by atoms with Crippen molar-refractivity contribution in [1.82, 2.24) is 9.97 Å². The zero-order valence-corrected chi connectivity index (χ0v) is 22.9. The van der Waals surface area contributed by atoms with Crippen LogP contribution >= 0.6 is 11.8 Å². The molecule has 0 bridgehead atoms. The van der Waals surface area contributed by atoms with Crippen LogP contribution in [0.2, 0.25) is 0 Å². The van der Waals surface area contributed by atoms with E-state index in [1.807, 2.05) is 12.1 Å². The summed E-state index contributed by atoms with van der Waals surface area (Å²) in [7, 11) is 0. The molecule has 1 N–H and O–H groups in total. The number of nitrogens with one attached hydrogen (secondary N) is 1. The number of aromatic amines is 1. The molecule has 1 heterocycles. The Balaban J connectivity index is 1.38. The zero-order valence-electron chi connectivity index (χ0n) is 22.1. The van der Waals surface area contributed by atoms with E-state index in [1.54, 1.807) is 11.8 Å². The molecule has 0 aliphatic rings. The quantitative estimate of drug-likeness (QED) is 0.133. The third kappa shape index (κ3) is 9.91. The fourth-order valence-electron chi connectivity index (χ4n) is 4.77.